The van der Waals surface area contributed by atoms with E-state index in [1.54, 1.807) is 0 Å². The molecule has 0 saturated heterocycles. The van der Waals surface area contributed by atoms with Crippen molar-refractivity contribution in [2.24, 2.45) is 0 Å². The molecule has 0 aliphatic heterocycles. The lowest BCUT2D eigenvalue weighted by Gasteiger charge is -2.37. The second kappa shape index (κ2) is 13.4. The molecule has 13 rings (SSSR count). The first-order valence-corrected chi connectivity index (χ1v) is 21.4. The highest BCUT2D eigenvalue weighted by molar-refractivity contribution is 6.16. The summed E-state index contributed by atoms with van der Waals surface area (Å²) >= 11 is 0. The lowest BCUT2D eigenvalue weighted by atomic mass is 9.69. The Kier molecular flexibility index (Phi) is 7.52. The molecule has 11 aromatic rings. The Labute approximate surface area is 360 Å². The molecule has 1 unspecified atom stereocenters. The topological polar surface area (TPSA) is 19.6 Å². The zero-order valence-corrected chi connectivity index (χ0v) is 33.7. The van der Waals surface area contributed by atoms with E-state index in [-0.39, 0.29) is 0 Å². The third-order valence-electron chi connectivity index (χ3n) is 13.2. The zero-order chi connectivity index (χ0) is 40.8. The van der Waals surface area contributed by atoms with Gasteiger partial charge in [-0.3, -0.25) is 0 Å². The van der Waals surface area contributed by atoms with Crippen molar-refractivity contribution in [2.75, 3.05) is 9.80 Å². The third-order valence-corrected chi connectivity index (χ3v) is 13.2. The van der Waals surface area contributed by atoms with Crippen molar-refractivity contribution in [1.29, 1.82) is 0 Å². The Morgan fingerprint density at radius 2 is 0.887 bits per heavy atom. The minimum Gasteiger partial charge on any atom is -0.456 e. The molecular weight excluding hydrogens is 753 g/mol. The van der Waals surface area contributed by atoms with E-state index < -0.39 is 5.41 Å². The van der Waals surface area contributed by atoms with Gasteiger partial charge in [0.1, 0.15) is 11.2 Å². The summed E-state index contributed by atoms with van der Waals surface area (Å²) < 4.78 is 6.59. The Bertz CT molecular complexity index is 3500. The van der Waals surface area contributed by atoms with Gasteiger partial charge < -0.3 is 14.2 Å². The maximum absolute atomic E-state index is 6.59. The number of benzene rings is 10. The number of para-hydroxylation sites is 4. The molecule has 0 N–H and O–H groups in total. The highest BCUT2D eigenvalue weighted by atomic mass is 16.3. The number of hydrogen-bond acceptors (Lipinski definition) is 3. The Morgan fingerprint density at radius 3 is 1.61 bits per heavy atom. The van der Waals surface area contributed by atoms with Crippen LogP contribution in [0.25, 0.3) is 55.0 Å². The molecule has 0 bridgehead atoms. The Balaban J connectivity index is 1.19. The molecule has 3 heteroatoms. The predicted molar refractivity (Wildman–Crippen MR) is 257 cm³/mol. The summed E-state index contributed by atoms with van der Waals surface area (Å²) in [4.78, 5) is 4.90. The molecular formula is C59H38N2O. The molecule has 0 fully saturated rings. The predicted octanol–water partition coefficient (Wildman–Crippen LogP) is 16.0. The zero-order valence-electron chi connectivity index (χ0n) is 33.7. The minimum atomic E-state index is -0.675. The van der Waals surface area contributed by atoms with Crippen molar-refractivity contribution in [3.8, 4) is 22.3 Å². The fourth-order valence-corrected chi connectivity index (χ4v) is 10.8. The van der Waals surface area contributed by atoms with Crippen molar-refractivity contribution >= 4 is 66.8 Å². The van der Waals surface area contributed by atoms with Crippen LogP contribution < -0.4 is 9.80 Å². The average molecular weight is 791 g/mol. The van der Waals surface area contributed by atoms with E-state index in [0.717, 1.165) is 56.1 Å². The van der Waals surface area contributed by atoms with Crippen molar-refractivity contribution in [3.63, 3.8) is 0 Å². The van der Waals surface area contributed by atoms with Crippen LogP contribution in [0.2, 0.25) is 0 Å². The maximum Gasteiger partial charge on any atom is 0.137 e. The smallest absolute Gasteiger partial charge is 0.137 e. The summed E-state index contributed by atoms with van der Waals surface area (Å²) in [6.07, 6.45) is 0. The maximum atomic E-state index is 6.59. The van der Waals surface area contributed by atoms with Crippen LogP contribution in [0.5, 0.6) is 0 Å². The average Bonchev–Trinajstić information content (AvgIpc) is 3.98. The number of furan rings is 1. The van der Waals surface area contributed by atoms with Crippen LogP contribution in [-0.4, -0.2) is 0 Å². The van der Waals surface area contributed by atoms with Crippen LogP contribution in [0.1, 0.15) is 22.3 Å². The van der Waals surface area contributed by atoms with E-state index in [4.69, 9.17) is 4.42 Å². The first-order chi connectivity index (χ1) is 30.8. The SMILES string of the molecule is c1ccc(N(c2ccccc2)c2ccc3c(c2)C2(c4ccccc4-3)c3ccccc3-c3c2c(N(c2ccccc2)c2cccc4oc5ccccc5c24)cc2ccccc32)cc1. The largest absolute Gasteiger partial charge is 0.456 e. The normalized spacial score (nSPS) is 14.5. The summed E-state index contributed by atoms with van der Waals surface area (Å²) in [6.45, 7) is 0. The van der Waals surface area contributed by atoms with E-state index in [2.05, 4.69) is 240 Å². The molecule has 62 heavy (non-hydrogen) atoms. The molecule has 1 atom stereocenters. The van der Waals surface area contributed by atoms with Gasteiger partial charge in [-0.15, -0.1) is 0 Å². The van der Waals surface area contributed by atoms with E-state index in [1.807, 2.05) is 0 Å². The summed E-state index contributed by atoms with van der Waals surface area (Å²) in [5.41, 5.74) is 17.9. The quantitative estimate of drug-likeness (QED) is 0.167. The van der Waals surface area contributed by atoms with Gasteiger partial charge in [-0.25, -0.2) is 0 Å². The summed E-state index contributed by atoms with van der Waals surface area (Å²) in [7, 11) is 0. The lowest BCUT2D eigenvalue weighted by molar-refractivity contribution is 0.669. The molecule has 0 saturated carbocycles. The molecule has 0 amide bonds. The lowest BCUT2D eigenvalue weighted by Crippen LogP contribution is -2.28. The van der Waals surface area contributed by atoms with Gasteiger partial charge >= 0.3 is 0 Å². The Hall–Kier alpha value is -8.14. The number of fused-ring (bicyclic) bond motifs is 15. The van der Waals surface area contributed by atoms with E-state index in [9.17, 15) is 0 Å². The monoisotopic (exact) mass is 790 g/mol. The molecule has 2 aliphatic carbocycles. The summed E-state index contributed by atoms with van der Waals surface area (Å²) in [6, 6.07) is 84.1. The summed E-state index contributed by atoms with van der Waals surface area (Å²) in [5.74, 6) is 0. The van der Waals surface area contributed by atoms with Gasteiger partial charge in [-0.05, 0) is 123 Å². The van der Waals surface area contributed by atoms with Gasteiger partial charge in [0.05, 0.1) is 22.2 Å². The number of rotatable bonds is 6. The second-order valence-electron chi connectivity index (χ2n) is 16.4. The molecule has 2 aliphatic rings. The molecule has 3 nitrogen and oxygen atoms in total. The van der Waals surface area contributed by atoms with Gasteiger partial charge in [0.15, 0.2) is 0 Å². The number of anilines is 6. The molecule has 10 aromatic carbocycles. The van der Waals surface area contributed by atoms with Crippen molar-refractivity contribution in [2.45, 2.75) is 5.41 Å². The molecule has 0 radical (unpaired) electrons. The van der Waals surface area contributed by atoms with Gasteiger partial charge in [-0.2, -0.15) is 0 Å². The van der Waals surface area contributed by atoms with E-state index >= 15 is 0 Å². The molecule has 1 spiro atoms. The molecule has 1 heterocycles. The van der Waals surface area contributed by atoms with E-state index in [1.165, 1.54) is 55.3 Å². The Morgan fingerprint density at radius 1 is 0.339 bits per heavy atom. The van der Waals surface area contributed by atoms with Crippen molar-refractivity contribution in [1.82, 2.24) is 0 Å². The molecule has 290 valence electrons. The third kappa shape index (κ3) is 4.82. The van der Waals surface area contributed by atoms with Gasteiger partial charge in [-0.1, -0.05) is 158 Å². The van der Waals surface area contributed by atoms with E-state index in [0.29, 0.717) is 0 Å². The fourth-order valence-electron chi connectivity index (χ4n) is 10.8. The van der Waals surface area contributed by atoms with Gasteiger partial charge in [0, 0.05) is 33.7 Å². The highest BCUT2D eigenvalue weighted by Gasteiger charge is 2.54. The van der Waals surface area contributed by atoms with Crippen LogP contribution in [0.3, 0.4) is 0 Å². The van der Waals surface area contributed by atoms with Crippen molar-refractivity contribution < 1.29 is 4.42 Å². The standard InChI is InChI=1S/C59H38N2O/c1-4-20-40(21-5-1)60(41-22-6-2-7-23-41)43-35-36-46-45-27-12-15-30-49(45)59(51(46)38-43)50-31-16-13-28-47(50)56-44-26-11-10-19-39(44)37-53(58(56)59)61(42-24-8-3-9-25-42)52-32-18-34-55-57(52)48-29-14-17-33-54(48)62-55/h1-38H. The van der Waals surface area contributed by atoms with Crippen LogP contribution in [-0.2, 0) is 5.41 Å². The number of hydrogen-bond donors (Lipinski definition) is 0. The molecule has 1 aromatic heterocycles. The van der Waals surface area contributed by atoms with Crippen LogP contribution in [0, 0.1) is 0 Å². The highest BCUT2D eigenvalue weighted by Crippen LogP contribution is 2.67. The fraction of sp³-hybridized carbons (Fsp3) is 0.0169. The van der Waals surface area contributed by atoms with Crippen LogP contribution in [0.4, 0.5) is 34.1 Å². The van der Waals surface area contributed by atoms with Gasteiger partial charge in [0.25, 0.3) is 0 Å². The van der Waals surface area contributed by atoms with Crippen LogP contribution >= 0.6 is 0 Å². The number of nitrogens with zero attached hydrogens (tertiary/aromatic N) is 2. The summed E-state index contributed by atoms with van der Waals surface area (Å²) in [5, 5.41) is 4.62. The minimum absolute atomic E-state index is 0.675. The van der Waals surface area contributed by atoms with Gasteiger partial charge in [0.2, 0.25) is 0 Å². The van der Waals surface area contributed by atoms with Crippen LogP contribution in [0.15, 0.2) is 235 Å². The first kappa shape index (κ1) is 34.7. The first-order valence-electron chi connectivity index (χ1n) is 21.4. The van der Waals surface area contributed by atoms with Crippen molar-refractivity contribution in [3.05, 3.63) is 253 Å². The second-order valence-corrected chi connectivity index (χ2v) is 16.4.